The summed E-state index contributed by atoms with van der Waals surface area (Å²) in [6.07, 6.45) is 2.99. The molecule has 0 fully saturated rings. The van der Waals surface area contributed by atoms with Gasteiger partial charge in [-0.25, -0.2) is 4.98 Å². The molecule has 2 aromatic rings. The van der Waals surface area contributed by atoms with Gasteiger partial charge < -0.3 is 0 Å². The van der Waals surface area contributed by atoms with Gasteiger partial charge in [0, 0.05) is 9.93 Å². The van der Waals surface area contributed by atoms with Crippen molar-refractivity contribution in [1.29, 1.82) is 10.5 Å². The van der Waals surface area contributed by atoms with Crippen LogP contribution >= 0.6 is 69.8 Å². The molecule has 3 nitrogen and oxygen atoms in total. The zero-order valence-electron chi connectivity index (χ0n) is 12.6. The van der Waals surface area contributed by atoms with E-state index < -0.39 is 0 Å². The summed E-state index contributed by atoms with van der Waals surface area (Å²) >= 11 is 31.5. The van der Waals surface area contributed by atoms with E-state index in [0.717, 1.165) is 5.56 Å². The molecule has 9 heteroatoms. The number of rotatable bonds is 4. The number of allylic oxidation sites excluding steroid dienone is 3. The molecule has 130 valence electrons. The van der Waals surface area contributed by atoms with Crippen LogP contribution in [-0.2, 0) is 0 Å². The summed E-state index contributed by atoms with van der Waals surface area (Å²) in [5, 5.41) is 18.7. The molecular formula is C17H6Cl5N3S. The van der Waals surface area contributed by atoms with Gasteiger partial charge in [0.15, 0.2) is 10.3 Å². The van der Waals surface area contributed by atoms with Gasteiger partial charge in [0.1, 0.15) is 17.7 Å². The third-order valence-electron chi connectivity index (χ3n) is 2.94. The van der Waals surface area contributed by atoms with Crippen molar-refractivity contribution >= 4 is 74.7 Å². The number of pyridine rings is 1. The van der Waals surface area contributed by atoms with Gasteiger partial charge in [-0.3, -0.25) is 0 Å². The maximum absolute atomic E-state index is 8.92. The molecule has 0 aliphatic heterocycles. The van der Waals surface area contributed by atoms with E-state index in [9.17, 15) is 0 Å². The Bertz CT molecular complexity index is 943. The molecule has 0 aliphatic carbocycles. The van der Waals surface area contributed by atoms with E-state index in [2.05, 4.69) is 4.98 Å². The van der Waals surface area contributed by atoms with Crippen LogP contribution in [0.1, 0.15) is 5.56 Å². The van der Waals surface area contributed by atoms with Gasteiger partial charge in [-0.05, 0) is 29.8 Å². The van der Waals surface area contributed by atoms with E-state index in [1.54, 1.807) is 42.5 Å². The Kier molecular flexibility index (Phi) is 7.68. The standard InChI is InChI=1S/C17H6Cl5N3S/c18-11-4-2-10(3-5-11)12(6-1-9(7-23)8-24)26-15-13(19)16(21)25-17(22)14(15)20/h1-6H/b12-6-. The minimum atomic E-state index is -0.0555. The van der Waals surface area contributed by atoms with E-state index in [1.165, 1.54) is 17.8 Å². The average Bonchev–Trinajstić information content (AvgIpc) is 2.63. The van der Waals surface area contributed by atoms with Crippen molar-refractivity contribution in [2.45, 2.75) is 4.90 Å². The minimum Gasteiger partial charge on any atom is -0.221 e. The lowest BCUT2D eigenvalue weighted by molar-refractivity contribution is 1.26. The van der Waals surface area contributed by atoms with E-state index in [1.807, 2.05) is 0 Å². The monoisotopic (exact) mass is 459 g/mol. The molecule has 0 bridgehead atoms. The number of hydrogen-bond acceptors (Lipinski definition) is 4. The average molecular weight is 462 g/mol. The fourth-order valence-electron chi connectivity index (χ4n) is 1.73. The number of hydrogen-bond donors (Lipinski definition) is 0. The molecular weight excluding hydrogens is 456 g/mol. The second-order valence-electron chi connectivity index (χ2n) is 4.59. The van der Waals surface area contributed by atoms with Crippen LogP contribution in [0.5, 0.6) is 0 Å². The molecule has 0 N–H and O–H groups in total. The highest BCUT2D eigenvalue weighted by Gasteiger charge is 2.18. The Labute approximate surface area is 179 Å². The summed E-state index contributed by atoms with van der Waals surface area (Å²) in [5.41, 5.74) is 0.710. The molecule has 1 aromatic heterocycles. The number of nitriles is 2. The Hall–Kier alpha value is -1.37. The lowest BCUT2D eigenvalue weighted by Crippen LogP contribution is -1.88. The number of aromatic nitrogens is 1. The Morgan fingerprint density at radius 2 is 1.42 bits per heavy atom. The summed E-state index contributed by atoms with van der Waals surface area (Å²) < 4.78 is 0. The van der Waals surface area contributed by atoms with Crippen LogP contribution in [0, 0.1) is 22.7 Å². The summed E-state index contributed by atoms with van der Waals surface area (Å²) in [5.74, 6) is 0. The predicted molar refractivity (Wildman–Crippen MR) is 109 cm³/mol. The summed E-state index contributed by atoms with van der Waals surface area (Å²) in [7, 11) is 0. The quantitative estimate of drug-likeness (QED) is 0.205. The van der Waals surface area contributed by atoms with Crippen molar-refractivity contribution in [3.63, 3.8) is 0 Å². The van der Waals surface area contributed by atoms with Crippen LogP contribution in [0.3, 0.4) is 0 Å². The van der Waals surface area contributed by atoms with Crippen molar-refractivity contribution in [2.75, 3.05) is 0 Å². The maximum atomic E-state index is 8.92. The first-order valence-corrected chi connectivity index (χ1v) is 9.44. The topological polar surface area (TPSA) is 60.5 Å². The Morgan fingerprint density at radius 1 is 0.885 bits per heavy atom. The first-order valence-electron chi connectivity index (χ1n) is 6.73. The summed E-state index contributed by atoms with van der Waals surface area (Å²) in [6.45, 7) is 0. The van der Waals surface area contributed by atoms with Crippen molar-refractivity contribution < 1.29 is 0 Å². The zero-order chi connectivity index (χ0) is 19.3. The van der Waals surface area contributed by atoms with Crippen molar-refractivity contribution in [2.24, 2.45) is 0 Å². The van der Waals surface area contributed by atoms with E-state index in [-0.39, 0.29) is 25.9 Å². The molecule has 0 unspecified atom stereocenters. The highest BCUT2D eigenvalue weighted by atomic mass is 35.5. The first kappa shape index (κ1) is 20.9. The SMILES string of the molecule is N#CC(C#N)=C/C=C(\Sc1c(Cl)c(Cl)nc(Cl)c1Cl)c1ccc(Cl)cc1. The van der Waals surface area contributed by atoms with Crippen LogP contribution in [0.2, 0.25) is 25.4 Å². The third-order valence-corrected chi connectivity index (χ3v) is 6.10. The molecule has 0 amide bonds. The zero-order valence-corrected chi connectivity index (χ0v) is 17.2. The van der Waals surface area contributed by atoms with Crippen LogP contribution in [-0.4, -0.2) is 4.98 Å². The van der Waals surface area contributed by atoms with Crippen LogP contribution in [0.4, 0.5) is 0 Å². The first-order chi connectivity index (χ1) is 12.4. The van der Waals surface area contributed by atoms with Gasteiger partial charge in [0.05, 0.1) is 14.9 Å². The molecule has 1 heterocycles. The normalized spacial score (nSPS) is 10.8. The number of nitrogens with zero attached hydrogens (tertiary/aromatic N) is 3. The molecule has 1 aromatic carbocycles. The smallest absolute Gasteiger partial charge is 0.150 e. The lowest BCUT2D eigenvalue weighted by Gasteiger charge is -2.12. The fraction of sp³-hybridized carbons (Fsp3) is 0. The molecule has 26 heavy (non-hydrogen) atoms. The number of benzene rings is 1. The highest BCUT2D eigenvalue weighted by molar-refractivity contribution is 8.08. The van der Waals surface area contributed by atoms with Gasteiger partial charge in [0.25, 0.3) is 0 Å². The third kappa shape index (κ3) is 5.09. The van der Waals surface area contributed by atoms with Crippen molar-refractivity contribution in [3.8, 4) is 12.1 Å². The second-order valence-corrected chi connectivity index (χ2v) is 7.55. The van der Waals surface area contributed by atoms with Gasteiger partial charge >= 0.3 is 0 Å². The molecule has 0 radical (unpaired) electrons. The van der Waals surface area contributed by atoms with Gasteiger partial charge in [-0.15, -0.1) is 0 Å². The highest BCUT2D eigenvalue weighted by Crippen LogP contribution is 2.46. The maximum Gasteiger partial charge on any atom is 0.150 e. The number of thioether (sulfide) groups is 1. The molecule has 0 saturated heterocycles. The van der Waals surface area contributed by atoms with Crippen LogP contribution < -0.4 is 0 Å². The molecule has 0 spiro atoms. The fourth-order valence-corrected chi connectivity index (χ4v) is 3.90. The van der Waals surface area contributed by atoms with Gasteiger partial charge in [-0.2, -0.15) is 10.5 Å². The minimum absolute atomic E-state index is 0.0179. The largest absolute Gasteiger partial charge is 0.221 e. The van der Waals surface area contributed by atoms with Crippen LogP contribution in [0.15, 0.2) is 46.9 Å². The van der Waals surface area contributed by atoms with Crippen molar-refractivity contribution in [1.82, 2.24) is 4.98 Å². The summed E-state index contributed by atoms with van der Waals surface area (Å²) in [6, 6.07) is 10.6. The Balaban J connectivity index is 2.58. The second kappa shape index (κ2) is 9.53. The predicted octanol–water partition coefficient (Wildman–Crippen LogP) is 7.46. The molecule has 0 saturated carbocycles. The molecule has 0 atom stereocenters. The lowest BCUT2D eigenvalue weighted by atomic mass is 10.2. The van der Waals surface area contributed by atoms with Gasteiger partial charge in [0.2, 0.25) is 0 Å². The number of halogens is 5. The van der Waals surface area contributed by atoms with E-state index in [0.29, 0.717) is 14.8 Å². The van der Waals surface area contributed by atoms with Gasteiger partial charge in [-0.1, -0.05) is 81.9 Å². The molecule has 2 rings (SSSR count). The Morgan fingerprint density at radius 3 is 1.92 bits per heavy atom. The molecule has 0 aliphatic rings. The van der Waals surface area contributed by atoms with E-state index in [4.69, 9.17) is 68.5 Å². The van der Waals surface area contributed by atoms with E-state index >= 15 is 0 Å². The van der Waals surface area contributed by atoms with Crippen LogP contribution in [0.25, 0.3) is 4.91 Å². The summed E-state index contributed by atoms with van der Waals surface area (Å²) in [4.78, 5) is 4.90. The van der Waals surface area contributed by atoms with Crippen molar-refractivity contribution in [3.05, 3.63) is 72.9 Å².